The number of amides is 1. The van der Waals surface area contributed by atoms with Crippen LogP contribution in [0.15, 0.2) is 18.5 Å². The highest BCUT2D eigenvalue weighted by molar-refractivity contribution is 5.78. The number of H-pyrrole nitrogens is 1. The molecule has 23 heavy (non-hydrogen) atoms. The lowest BCUT2D eigenvalue weighted by atomic mass is 10.1. The van der Waals surface area contributed by atoms with Crippen LogP contribution in [0.4, 0.5) is 0 Å². The lowest BCUT2D eigenvalue weighted by Crippen LogP contribution is -2.33. The summed E-state index contributed by atoms with van der Waals surface area (Å²) >= 11 is 0. The summed E-state index contributed by atoms with van der Waals surface area (Å²) in [5, 5.41) is 9.91. The van der Waals surface area contributed by atoms with Crippen LogP contribution in [0.25, 0.3) is 0 Å². The van der Waals surface area contributed by atoms with Crippen molar-refractivity contribution in [2.75, 3.05) is 6.54 Å². The maximum Gasteiger partial charge on any atom is 0.224 e. The third-order valence-corrected chi connectivity index (χ3v) is 4.02. The Morgan fingerprint density at radius 1 is 1.43 bits per heavy atom. The van der Waals surface area contributed by atoms with Crippen molar-refractivity contribution < 1.29 is 9.53 Å². The first-order valence-corrected chi connectivity index (χ1v) is 7.82. The van der Waals surface area contributed by atoms with Gasteiger partial charge in [0.2, 0.25) is 5.91 Å². The lowest BCUT2D eigenvalue weighted by Gasteiger charge is -2.13. The predicted octanol–water partition coefficient (Wildman–Crippen LogP) is 1.40. The minimum Gasteiger partial charge on any atom is -0.365 e. The molecule has 2 N–H and O–H groups in total. The van der Waals surface area contributed by atoms with Crippen molar-refractivity contribution in [3.63, 3.8) is 0 Å². The summed E-state index contributed by atoms with van der Waals surface area (Å²) in [4.78, 5) is 20.4. The van der Waals surface area contributed by atoms with E-state index < -0.39 is 0 Å². The normalized spacial score (nSPS) is 20.6. The molecule has 0 unspecified atom stereocenters. The molecular formula is C16H21N5O2. The molecule has 0 aromatic carbocycles. The van der Waals surface area contributed by atoms with Gasteiger partial charge in [0.25, 0.3) is 0 Å². The summed E-state index contributed by atoms with van der Waals surface area (Å²) in [5.41, 5.74) is 2.03. The minimum atomic E-state index is -0.0794. The van der Waals surface area contributed by atoms with Gasteiger partial charge in [-0.25, -0.2) is 4.98 Å². The Labute approximate surface area is 134 Å². The van der Waals surface area contributed by atoms with Gasteiger partial charge in [-0.3, -0.25) is 14.9 Å². The largest absolute Gasteiger partial charge is 0.365 e. The molecule has 0 radical (unpaired) electrons. The molecule has 1 aliphatic rings. The molecule has 1 aliphatic heterocycles. The van der Waals surface area contributed by atoms with Gasteiger partial charge in [0.05, 0.1) is 12.5 Å². The number of hydrogen-bond acceptors (Lipinski definition) is 5. The van der Waals surface area contributed by atoms with Gasteiger partial charge in [-0.1, -0.05) is 0 Å². The summed E-state index contributed by atoms with van der Waals surface area (Å²) < 4.78 is 5.92. The zero-order chi connectivity index (χ0) is 16.2. The van der Waals surface area contributed by atoms with E-state index in [1.54, 1.807) is 12.4 Å². The van der Waals surface area contributed by atoms with Crippen LogP contribution in [0.3, 0.4) is 0 Å². The van der Waals surface area contributed by atoms with Gasteiger partial charge in [-0.05, 0) is 43.9 Å². The highest BCUT2D eigenvalue weighted by Crippen LogP contribution is 2.30. The van der Waals surface area contributed by atoms with Gasteiger partial charge >= 0.3 is 0 Å². The number of carbonyl (C=O) groups is 1. The van der Waals surface area contributed by atoms with E-state index in [0.29, 0.717) is 18.8 Å². The topological polar surface area (TPSA) is 92.8 Å². The van der Waals surface area contributed by atoms with E-state index in [2.05, 4.69) is 25.5 Å². The number of rotatable bonds is 5. The van der Waals surface area contributed by atoms with Crippen molar-refractivity contribution in [3.8, 4) is 0 Å². The average molecular weight is 315 g/mol. The molecule has 3 rings (SSSR count). The van der Waals surface area contributed by atoms with Crippen LogP contribution in [-0.4, -0.2) is 38.7 Å². The Morgan fingerprint density at radius 2 is 2.30 bits per heavy atom. The van der Waals surface area contributed by atoms with E-state index in [0.717, 1.165) is 29.8 Å². The molecule has 0 bridgehead atoms. The van der Waals surface area contributed by atoms with Crippen LogP contribution in [0.5, 0.6) is 0 Å². The lowest BCUT2D eigenvalue weighted by molar-refractivity contribution is -0.121. The number of aromatic nitrogens is 4. The Hall–Kier alpha value is -2.28. The van der Waals surface area contributed by atoms with Crippen LogP contribution in [0.1, 0.15) is 41.7 Å². The predicted molar refractivity (Wildman–Crippen MR) is 83.7 cm³/mol. The van der Waals surface area contributed by atoms with Gasteiger partial charge in [0.1, 0.15) is 11.9 Å². The molecule has 3 heterocycles. The summed E-state index contributed by atoms with van der Waals surface area (Å²) in [7, 11) is 0. The van der Waals surface area contributed by atoms with E-state index in [-0.39, 0.29) is 18.1 Å². The second kappa shape index (κ2) is 6.87. The van der Waals surface area contributed by atoms with Crippen molar-refractivity contribution in [3.05, 3.63) is 41.2 Å². The number of aromatic amines is 1. The number of nitrogens with one attached hydrogen (secondary N) is 2. The molecule has 2 atom stereocenters. The van der Waals surface area contributed by atoms with Crippen LogP contribution < -0.4 is 5.32 Å². The van der Waals surface area contributed by atoms with Gasteiger partial charge < -0.3 is 10.1 Å². The maximum absolute atomic E-state index is 12.1. The van der Waals surface area contributed by atoms with Gasteiger partial charge in [0, 0.05) is 18.9 Å². The number of ether oxygens (including phenoxy) is 1. The van der Waals surface area contributed by atoms with Crippen molar-refractivity contribution in [2.45, 2.75) is 45.3 Å². The summed E-state index contributed by atoms with van der Waals surface area (Å²) in [6.07, 6.45) is 5.55. The highest BCUT2D eigenvalue weighted by Gasteiger charge is 2.29. The molecule has 7 heteroatoms. The molecule has 0 saturated carbocycles. The van der Waals surface area contributed by atoms with Crippen molar-refractivity contribution >= 4 is 5.91 Å². The number of nitrogens with zero attached hydrogens (tertiary/aromatic N) is 3. The van der Waals surface area contributed by atoms with E-state index in [9.17, 15) is 4.79 Å². The van der Waals surface area contributed by atoms with Crippen molar-refractivity contribution in [1.82, 2.24) is 25.5 Å². The molecule has 0 aliphatic carbocycles. The first kappa shape index (κ1) is 15.6. The highest BCUT2D eigenvalue weighted by atomic mass is 16.5. The van der Waals surface area contributed by atoms with E-state index in [1.165, 1.54) is 0 Å². The number of hydrogen-bond donors (Lipinski definition) is 2. The summed E-state index contributed by atoms with van der Waals surface area (Å²) in [6.45, 7) is 4.34. The van der Waals surface area contributed by atoms with E-state index >= 15 is 0 Å². The third-order valence-electron chi connectivity index (χ3n) is 4.02. The van der Waals surface area contributed by atoms with Crippen molar-refractivity contribution in [1.29, 1.82) is 0 Å². The number of aryl methyl sites for hydroxylation is 2. The third kappa shape index (κ3) is 3.92. The summed E-state index contributed by atoms with van der Waals surface area (Å²) in [6, 6.07) is 1.88. The monoisotopic (exact) mass is 315 g/mol. The number of carbonyl (C=O) groups excluding carboxylic acids is 1. The zero-order valence-corrected chi connectivity index (χ0v) is 13.4. The van der Waals surface area contributed by atoms with Gasteiger partial charge in [-0.15, -0.1) is 0 Å². The van der Waals surface area contributed by atoms with Crippen LogP contribution in [-0.2, 0) is 16.0 Å². The summed E-state index contributed by atoms with van der Waals surface area (Å²) in [5.74, 6) is 1.48. The standard InChI is InChI=1S/C16H21N5O2/c1-10-8-17-6-5-12(10)7-15(22)18-9-13-3-4-14(23-13)16-19-11(2)20-21-16/h5-6,8,13-14H,3-4,7,9H2,1-2H3,(H,18,22)(H,19,20,21)/t13-,14+/m1/s1. The molecule has 1 amide bonds. The SMILES string of the molecule is Cc1nc([C@@H]2CC[C@H](CNC(=O)Cc3ccncc3C)O2)n[nH]1. The smallest absolute Gasteiger partial charge is 0.224 e. The van der Waals surface area contributed by atoms with E-state index in [1.807, 2.05) is 19.9 Å². The number of pyridine rings is 1. The second-order valence-corrected chi connectivity index (χ2v) is 5.89. The Kier molecular flexibility index (Phi) is 4.66. The van der Waals surface area contributed by atoms with E-state index in [4.69, 9.17) is 4.74 Å². The zero-order valence-electron chi connectivity index (χ0n) is 13.4. The average Bonchev–Trinajstić information content (AvgIpc) is 3.16. The Morgan fingerprint density at radius 3 is 3.04 bits per heavy atom. The molecule has 1 saturated heterocycles. The molecule has 0 spiro atoms. The quantitative estimate of drug-likeness (QED) is 0.870. The molecule has 122 valence electrons. The molecule has 7 nitrogen and oxygen atoms in total. The second-order valence-electron chi connectivity index (χ2n) is 5.89. The first-order chi connectivity index (χ1) is 11.1. The van der Waals surface area contributed by atoms with Gasteiger partial charge in [0.15, 0.2) is 5.82 Å². The first-order valence-electron chi connectivity index (χ1n) is 7.82. The molecular weight excluding hydrogens is 294 g/mol. The van der Waals surface area contributed by atoms with Crippen molar-refractivity contribution in [2.24, 2.45) is 0 Å². The van der Waals surface area contributed by atoms with Crippen LogP contribution >= 0.6 is 0 Å². The fraction of sp³-hybridized carbons (Fsp3) is 0.500. The molecule has 2 aromatic rings. The Balaban J connectivity index is 1.46. The fourth-order valence-electron chi connectivity index (χ4n) is 2.71. The van der Waals surface area contributed by atoms with Crippen LogP contribution in [0, 0.1) is 13.8 Å². The molecule has 1 fully saturated rings. The molecule has 2 aromatic heterocycles. The Bertz CT molecular complexity index is 685. The van der Waals surface area contributed by atoms with Gasteiger partial charge in [-0.2, -0.15) is 5.10 Å². The maximum atomic E-state index is 12.1. The fourth-order valence-corrected chi connectivity index (χ4v) is 2.71. The minimum absolute atomic E-state index is 0.0000823. The van der Waals surface area contributed by atoms with Crippen LogP contribution in [0.2, 0.25) is 0 Å².